The Labute approximate surface area is 67.1 Å². The maximum absolute atomic E-state index is 4.29. The van der Waals surface area contributed by atoms with E-state index in [1.54, 1.807) is 5.01 Å². The molecule has 3 heteroatoms. The molecule has 0 saturated carbocycles. The van der Waals surface area contributed by atoms with Gasteiger partial charge in [0.05, 0.1) is 0 Å². The molecular formula is C8H13N3. The fraction of sp³-hybridized carbons (Fsp3) is 0.500. The van der Waals surface area contributed by atoms with E-state index in [9.17, 15) is 0 Å². The van der Waals surface area contributed by atoms with Crippen LogP contribution >= 0.6 is 0 Å². The van der Waals surface area contributed by atoms with Crippen molar-refractivity contribution in [3.8, 4) is 0 Å². The third kappa shape index (κ3) is 1.90. The van der Waals surface area contributed by atoms with Gasteiger partial charge >= 0.3 is 0 Å². The van der Waals surface area contributed by atoms with E-state index in [1.807, 2.05) is 13.1 Å². The second kappa shape index (κ2) is 3.91. The first-order valence-electron chi connectivity index (χ1n) is 3.84. The molecule has 0 unspecified atom stereocenters. The maximum atomic E-state index is 4.29. The van der Waals surface area contributed by atoms with Gasteiger partial charge in [-0.05, 0) is 13.3 Å². The van der Waals surface area contributed by atoms with Gasteiger partial charge in [0.2, 0.25) is 0 Å². The minimum atomic E-state index is 0.815. The first-order valence-corrected chi connectivity index (χ1v) is 3.84. The van der Waals surface area contributed by atoms with Crippen LogP contribution in [0.15, 0.2) is 22.4 Å². The number of aliphatic imine (C=N–C) groups is 1. The zero-order chi connectivity index (χ0) is 8.10. The predicted octanol–water partition coefficient (Wildman–Crippen LogP) is 1.63. The van der Waals surface area contributed by atoms with Gasteiger partial charge in [0, 0.05) is 25.9 Å². The number of hydrogen-bond donors (Lipinski definition) is 0. The summed E-state index contributed by atoms with van der Waals surface area (Å²) in [7, 11) is 0. The van der Waals surface area contributed by atoms with E-state index in [2.05, 4.69) is 22.9 Å². The third-order valence-electron chi connectivity index (χ3n) is 1.54. The standard InChI is InChI=1S/C8H13N3/c1-3-10-8-6-4-5-7-11(8)9-2/h5,7H,2-4,6H2,1H3. The normalized spacial score (nSPS) is 20.8. The Morgan fingerprint density at radius 2 is 2.55 bits per heavy atom. The van der Waals surface area contributed by atoms with Crippen molar-refractivity contribution >= 4 is 12.6 Å². The first-order chi connectivity index (χ1) is 5.38. The molecule has 1 aliphatic rings. The molecule has 0 spiro atoms. The lowest BCUT2D eigenvalue weighted by atomic mass is 10.2. The molecule has 0 atom stereocenters. The Hall–Kier alpha value is -1.12. The van der Waals surface area contributed by atoms with Crippen LogP contribution in [-0.4, -0.2) is 24.1 Å². The molecule has 0 saturated heterocycles. The van der Waals surface area contributed by atoms with Crippen molar-refractivity contribution in [1.29, 1.82) is 0 Å². The van der Waals surface area contributed by atoms with E-state index in [-0.39, 0.29) is 0 Å². The molecular weight excluding hydrogens is 138 g/mol. The molecule has 0 aromatic heterocycles. The van der Waals surface area contributed by atoms with Gasteiger partial charge in [0.25, 0.3) is 0 Å². The highest BCUT2D eigenvalue weighted by atomic mass is 15.5. The number of rotatable bonds is 2. The predicted molar refractivity (Wildman–Crippen MR) is 47.7 cm³/mol. The minimum absolute atomic E-state index is 0.815. The van der Waals surface area contributed by atoms with Crippen LogP contribution < -0.4 is 0 Å². The average molecular weight is 151 g/mol. The van der Waals surface area contributed by atoms with E-state index in [0.29, 0.717) is 0 Å². The summed E-state index contributed by atoms with van der Waals surface area (Å²) in [4.78, 5) is 4.29. The molecule has 0 fully saturated rings. The van der Waals surface area contributed by atoms with Crippen molar-refractivity contribution in [2.24, 2.45) is 10.1 Å². The van der Waals surface area contributed by atoms with Crippen molar-refractivity contribution in [3.05, 3.63) is 12.3 Å². The summed E-state index contributed by atoms with van der Waals surface area (Å²) in [5, 5.41) is 5.54. The highest BCUT2D eigenvalue weighted by Crippen LogP contribution is 2.08. The van der Waals surface area contributed by atoms with Crippen molar-refractivity contribution in [2.45, 2.75) is 19.8 Å². The van der Waals surface area contributed by atoms with Gasteiger partial charge in [-0.2, -0.15) is 5.10 Å². The Bertz CT molecular complexity index is 194. The number of hydrogen-bond acceptors (Lipinski definition) is 2. The Kier molecular flexibility index (Phi) is 2.83. The van der Waals surface area contributed by atoms with Crippen molar-refractivity contribution in [1.82, 2.24) is 5.01 Å². The third-order valence-corrected chi connectivity index (χ3v) is 1.54. The Morgan fingerprint density at radius 3 is 3.18 bits per heavy atom. The maximum Gasteiger partial charge on any atom is 0.125 e. The topological polar surface area (TPSA) is 28.0 Å². The van der Waals surface area contributed by atoms with Gasteiger partial charge in [-0.1, -0.05) is 6.08 Å². The lowest BCUT2D eigenvalue weighted by molar-refractivity contribution is 0.569. The van der Waals surface area contributed by atoms with E-state index in [4.69, 9.17) is 0 Å². The van der Waals surface area contributed by atoms with E-state index < -0.39 is 0 Å². The zero-order valence-corrected chi connectivity index (χ0v) is 6.82. The van der Waals surface area contributed by atoms with Gasteiger partial charge in [-0.25, -0.2) is 5.01 Å². The largest absolute Gasteiger partial charge is 0.271 e. The van der Waals surface area contributed by atoms with Crippen LogP contribution in [0.1, 0.15) is 19.8 Å². The number of amidine groups is 1. The van der Waals surface area contributed by atoms with Crippen LogP contribution in [0.4, 0.5) is 0 Å². The zero-order valence-electron chi connectivity index (χ0n) is 6.82. The Morgan fingerprint density at radius 1 is 1.73 bits per heavy atom. The van der Waals surface area contributed by atoms with Gasteiger partial charge in [-0.15, -0.1) is 0 Å². The summed E-state index contributed by atoms with van der Waals surface area (Å²) in [5.74, 6) is 1.02. The number of hydrazone groups is 1. The number of nitrogens with zero attached hydrogens (tertiary/aromatic N) is 3. The molecule has 0 radical (unpaired) electrons. The quantitative estimate of drug-likeness (QED) is 0.551. The summed E-state index contributed by atoms with van der Waals surface area (Å²) in [6.45, 7) is 6.30. The summed E-state index contributed by atoms with van der Waals surface area (Å²) in [5.41, 5.74) is 0. The minimum Gasteiger partial charge on any atom is -0.271 e. The fourth-order valence-corrected chi connectivity index (χ4v) is 1.05. The molecule has 0 aliphatic carbocycles. The molecule has 1 rings (SSSR count). The molecule has 11 heavy (non-hydrogen) atoms. The average Bonchev–Trinajstić information content (AvgIpc) is 2.06. The van der Waals surface area contributed by atoms with E-state index >= 15 is 0 Å². The second-order valence-corrected chi connectivity index (χ2v) is 2.30. The highest BCUT2D eigenvalue weighted by Gasteiger charge is 2.08. The fourth-order valence-electron chi connectivity index (χ4n) is 1.05. The van der Waals surface area contributed by atoms with Gasteiger partial charge in [-0.3, -0.25) is 4.99 Å². The molecule has 1 heterocycles. The molecule has 60 valence electrons. The molecule has 3 nitrogen and oxygen atoms in total. The SMILES string of the molecule is C=NN1C=CCCC1=NCC. The van der Waals surface area contributed by atoms with Crippen LogP contribution in [0.3, 0.4) is 0 Å². The summed E-state index contributed by atoms with van der Waals surface area (Å²) >= 11 is 0. The van der Waals surface area contributed by atoms with Crippen LogP contribution in [0.2, 0.25) is 0 Å². The monoisotopic (exact) mass is 151 g/mol. The van der Waals surface area contributed by atoms with E-state index in [0.717, 1.165) is 25.2 Å². The molecule has 0 bridgehead atoms. The van der Waals surface area contributed by atoms with Crippen molar-refractivity contribution in [3.63, 3.8) is 0 Å². The van der Waals surface area contributed by atoms with Crippen molar-refractivity contribution in [2.75, 3.05) is 6.54 Å². The summed E-state index contributed by atoms with van der Waals surface area (Å²) in [6, 6.07) is 0. The smallest absolute Gasteiger partial charge is 0.125 e. The molecule has 0 amide bonds. The van der Waals surface area contributed by atoms with Gasteiger partial charge in [0.15, 0.2) is 0 Å². The second-order valence-electron chi connectivity index (χ2n) is 2.30. The summed E-state index contributed by atoms with van der Waals surface area (Å²) < 4.78 is 0. The summed E-state index contributed by atoms with van der Waals surface area (Å²) in [6.07, 6.45) is 6.02. The molecule has 0 aromatic carbocycles. The van der Waals surface area contributed by atoms with Crippen LogP contribution in [-0.2, 0) is 0 Å². The first kappa shape index (κ1) is 7.98. The molecule has 1 aliphatic heterocycles. The van der Waals surface area contributed by atoms with Crippen LogP contribution in [0, 0.1) is 0 Å². The molecule has 0 N–H and O–H groups in total. The van der Waals surface area contributed by atoms with Crippen LogP contribution in [0.5, 0.6) is 0 Å². The Balaban J connectivity index is 2.70. The lowest BCUT2D eigenvalue weighted by Gasteiger charge is -2.19. The van der Waals surface area contributed by atoms with Crippen molar-refractivity contribution < 1.29 is 0 Å². The highest BCUT2D eigenvalue weighted by molar-refractivity contribution is 5.84. The van der Waals surface area contributed by atoms with E-state index in [1.165, 1.54) is 0 Å². The lowest BCUT2D eigenvalue weighted by Crippen LogP contribution is -2.22. The van der Waals surface area contributed by atoms with Gasteiger partial charge in [0.1, 0.15) is 5.84 Å². The van der Waals surface area contributed by atoms with Gasteiger partial charge < -0.3 is 0 Å². The number of allylic oxidation sites excluding steroid dienone is 1. The van der Waals surface area contributed by atoms with Crippen LogP contribution in [0.25, 0.3) is 0 Å². The molecule has 0 aromatic rings.